The minimum Gasteiger partial charge on any atom is -0.507 e. The molecule has 35 heavy (non-hydrogen) atoms. The van der Waals surface area contributed by atoms with Crippen LogP contribution >= 0.6 is 11.6 Å². The topological polar surface area (TPSA) is 98.2 Å². The number of halogens is 1. The molecule has 4 rings (SSSR count). The van der Waals surface area contributed by atoms with Crippen molar-refractivity contribution in [2.24, 2.45) is 0 Å². The molecule has 1 amide bonds. The van der Waals surface area contributed by atoms with Crippen molar-refractivity contribution in [1.29, 1.82) is 0 Å². The molecule has 0 spiro atoms. The third kappa shape index (κ3) is 4.52. The Kier molecular flexibility index (Phi) is 6.93. The summed E-state index contributed by atoms with van der Waals surface area (Å²) < 4.78 is 16.4. The largest absolute Gasteiger partial charge is 0.507 e. The monoisotopic (exact) mass is 494 g/mol. The van der Waals surface area contributed by atoms with E-state index in [1.54, 1.807) is 60.9 Å². The van der Waals surface area contributed by atoms with Gasteiger partial charge in [0.05, 0.1) is 32.9 Å². The maximum Gasteiger partial charge on any atom is 0.295 e. The summed E-state index contributed by atoms with van der Waals surface area (Å²) in [6, 6.07) is 12.3. The highest BCUT2D eigenvalue weighted by Gasteiger charge is 2.46. The minimum absolute atomic E-state index is 0.0597. The summed E-state index contributed by atoms with van der Waals surface area (Å²) in [5.74, 6) is -0.808. The highest BCUT2D eigenvalue weighted by Crippen LogP contribution is 2.46. The SMILES string of the molecule is COc1cc([C@@H]2C(=C(O)c3ccc(Cl)cc3)C(=O)C(=O)N2Cc2cccnc2)cc(OC)c1OC. The molecule has 1 atom stereocenters. The summed E-state index contributed by atoms with van der Waals surface area (Å²) in [6.07, 6.45) is 3.24. The number of rotatable bonds is 7. The van der Waals surface area contributed by atoms with Crippen LogP contribution < -0.4 is 14.2 Å². The molecule has 1 aromatic heterocycles. The first kappa shape index (κ1) is 24.1. The number of pyridine rings is 1. The van der Waals surface area contributed by atoms with Crippen molar-refractivity contribution < 1.29 is 28.9 Å². The van der Waals surface area contributed by atoms with Gasteiger partial charge in [0.1, 0.15) is 5.76 Å². The van der Waals surface area contributed by atoms with Crippen molar-refractivity contribution in [3.05, 3.63) is 88.2 Å². The third-order valence-corrected chi connectivity index (χ3v) is 5.99. The quantitative estimate of drug-likeness (QED) is 0.295. The average Bonchev–Trinajstić information content (AvgIpc) is 3.13. The maximum atomic E-state index is 13.3. The zero-order valence-electron chi connectivity index (χ0n) is 19.3. The van der Waals surface area contributed by atoms with Crippen molar-refractivity contribution in [2.75, 3.05) is 21.3 Å². The number of carbonyl (C=O) groups excluding carboxylic acids is 2. The Hall–Kier alpha value is -4.04. The van der Waals surface area contributed by atoms with Gasteiger partial charge >= 0.3 is 0 Å². The molecule has 1 N–H and O–H groups in total. The van der Waals surface area contributed by atoms with Gasteiger partial charge in [-0.2, -0.15) is 0 Å². The Bertz CT molecular complexity index is 1270. The lowest BCUT2D eigenvalue weighted by Crippen LogP contribution is -2.29. The van der Waals surface area contributed by atoms with Crippen LogP contribution in [0.15, 0.2) is 66.5 Å². The molecule has 3 aromatic rings. The number of methoxy groups -OCH3 is 3. The Labute approximate surface area is 207 Å². The number of nitrogens with zero attached hydrogens (tertiary/aromatic N) is 2. The second-order valence-corrected chi connectivity index (χ2v) is 8.19. The fourth-order valence-corrected chi connectivity index (χ4v) is 4.23. The van der Waals surface area contributed by atoms with Gasteiger partial charge < -0.3 is 24.2 Å². The van der Waals surface area contributed by atoms with E-state index in [1.807, 2.05) is 0 Å². The van der Waals surface area contributed by atoms with E-state index in [0.29, 0.717) is 33.4 Å². The van der Waals surface area contributed by atoms with Gasteiger partial charge in [0, 0.05) is 29.5 Å². The molecule has 1 saturated heterocycles. The van der Waals surface area contributed by atoms with E-state index in [-0.39, 0.29) is 17.9 Å². The summed E-state index contributed by atoms with van der Waals surface area (Å²) >= 11 is 5.99. The molecule has 2 aromatic carbocycles. The van der Waals surface area contributed by atoms with E-state index in [2.05, 4.69) is 4.98 Å². The van der Waals surface area contributed by atoms with Crippen molar-refractivity contribution >= 4 is 29.1 Å². The van der Waals surface area contributed by atoms with E-state index < -0.39 is 17.7 Å². The molecule has 1 aliphatic rings. The van der Waals surface area contributed by atoms with Gasteiger partial charge in [-0.1, -0.05) is 17.7 Å². The number of ether oxygens (including phenoxy) is 3. The molecule has 0 radical (unpaired) electrons. The molecule has 8 nitrogen and oxygen atoms in total. The van der Waals surface area contributed by atoms with Crippen LogP contribution in [0.25, 0.3) is 5.76 Å². The predicted molar refractivity (Wildman–Crippen MR) is 130 cm³/mol. The molecule has 0 aliphatic carbocycles. The summed E-state index contributed by atoms with van der Waals surface area (Å²) in [7, 11) is 4.43. The fourth-order valence-electron chi connectivity index (χ4n) is 4.10. The number of aliphatic hydroxyl groups excluding tert-OH is 1. The van der Waals surface area contributed by atoms with E-state index in [4.69, 9.17) is 25.8 Å². The summed E-state index contributed by atoms with van der Waals surface area (Å²) in [4.78, 5) is 32.0. The Morgan fingerprint density at radius 2 is 1.69 bits per heavy atom. The van der Waals surface area contributed by atoms with Crippen molar-refractivity contribution in [3.63, 3.8) is 0 Å². The fraction of sp³-hybridized carbons (Fsp3) is 0.192. The zero-order valence-corrected chi connectivity index (χ0v) is 20.1. The first-order valence-corrected chi connectivity index (χ1v) is 11.0. The second-order valence-electron chi connectivity index (χ2n) is 7.75. The number of likely N-dealkylation sites (tertiary alicyclic amines) is 1. The van der Waals surface area contributed by atoms with Gasteiger partial charge in [0.15, 0.2) is 11.5 Å². The molecule has 9 heteroatoms. The van der Waals surface area contributed by atoms with Gasteiger partial charge in [-0.25, -0.2) is 0 Å². The Morgan fingerprint density at radius 3 is 2.23 bits per heavy atom. The number of carbonyl (C=O) groups is 2. The molecule has 0 bridgehead atoms. The number of benzene rings is 2. The van der Waals surface area contributed by atoms with Crippen molar-refractivity contribution in [2.45, 2.75) is 12.6 Å². The van der Waals surface area contributed by atoms with E-state index in [1.165, 1.54) is 26.2 Å². The van der Waals surface area contributed by atoms with E-state index in [0.717, 1.165) is 5.56 Å². The van der Waals surface area contributed by atoms with E-state index in [9.17, 15) is 14.7 Å². The zero-order chi connectivity index (χ0) is 25.1. The molecule has 1 aliphatic heterocycles. The van der Waals surface area contributed by atoms with Crippen LogP contribution in [0.2, 0.25) is 5.02 Å². The van der Waals surface area contributed by atoms with Gasteiger partial charge in [-0.15, -0.1) is 0 Å². The highest BCUT2D eigenvalue weighted by atomic mass is 35.5. The second kappa shape index (κ2) is 10.1. The lowest BCUT2D eigenvalue weighted by molar-refractivity contribution is -0.140. The van der Waals surface area contributed by atoms with Gasteiger partial charge in [0.2, 0.25) is 5.75 Å². The van der Waals surface area contributed by atoms with Gasteiger partial charge in [-0.3, -0.25) is 14.6 Å². The van der Waals surface area contributed by atoms with Crippen LogP contribution in [0.4, 0.5) is 0 Å². The molecular formula is C26H23ClN2O6. The summed E-state index contributed by atoms with van der Waals surface area (Å²) in [5.41, 5.74) is 1.51. The number of hydrogen-bond acceptors (Lipinski definition) is 7. The van der Waals surface area contributed by atoms with Crippen LogP contribution in [0, 0.1) is 0 Å². The maximum absolute atomic E-state index is 13.3. The molecule has 0 saturated carbocycles. The molecule has 2 heterocycles. The lowest BCUT2D eigenvalue weighted by atomic mass is 9.94. The molecule has 180 valence electrons. The van der Waals surface area contributed by atoms with Crippen molar-refractivity contribution in [1.82, 2.24) is 9.88 Å². The highest BCUT2D eigenvalue weighted by molar-refractivity contribution is 6.46. The number of hydrogen-bond donors (Lipinski definition) is 1. The normalized spacial score (nSPS) is 16.9. The lowest BCUT2D eigenvalue weighted by Gasteiger charge is -2.26. The summed E-state index contributed by atoms with van der Waals surface area (Å²) in [5, 5.41) is 11.7. The Balaban J connectivity index is 1.94. The standard InChI is InChI=1S/C26H23ClN2O6/c1-33-19-11-17(12-20(34-2)25(19)35-3)22-21(23(30)16-6-8-18(27)9-7-16)24(31)26(32)29(22)14-15-5-4-10-28-13-15/h4-13,22,30H,14H2,1-3H3/t22-/m1/s1. The Morgan fingerprint density at radius 1 is 1.03 bits per heavy atom. The number of Topliss-reactive ketones (excluding diaryl/α,β-unsaturated/α-hetero) is 1. The number of amides is 1. The predicted octanol–water partition coefficient (Wildman–Crippen LogP) is 4.38. The van der Waals surface area contributed by atoms with Crippen LogP contribution in [-0.4, -0.2) is 48.0 Å². The average molecular weight is 495 g/mol. The van der Waals surface area contributed by atoms with Crippen LogP contribution in [0.5, 0.6) is 17.2 Å². The smallest absolute Gasteiger partial charge is 0.295 e. The number of aliphatic hydroxyl groups is 1. The third-order valence-electron chi connectivity index (χ3n) is 5.74. The van der Waals surface area contributed by atoms with E-state index >= 15 is 0 Å². The molecule has 1 fully saturated rings. The minimum atomic E-state index is -0.931. The van der Waals surface area contributed by atoms with Gasteiger partial charge in [-0.05, 0) is 53.6 Å². The molecular weight excluding hydrogens is 472 g/mol. The van der Waals surface area contributed by atoms with Crippen LogP contribution in [0.3, 0.4) is 0 Å². The van der Waals surface area contributed by atoms with Crippen molar-refractivity contribution in [3.8, 4) is 17.2 Å². The number of aromatic nitrogens is 1. The van der Waals surface area contributed by atoms with Crippen LogP contribution in [-0.2, 0) is 16.1 Å². The summed E-state index contributed by atoms with van der Waals surface area (Å²) in [6.45, 7) is 0.0944. The molecule has 0 unspecified atom stereocenters. The first-order valence-electron chi connectivity index (χ1n) is 10.6. The first-order chi connectivity index (χ1) is 16.9. The number of ketones is 1. The van der Waals surface area contributed by atoms with Crippen LogP contribution in [0.1, 0.15) is 22.7 Å². The van der Waals surface area contributed by atoms with Gasteiger partial charge in [0.25, 0.3) is 11.7 Å².